The van der Waals surface area contributed by atoms with Gasteiger partial charge in [0, 0.05) is 19.2 Å². The van der Waals surface area contributed by atoms with Gasteiger partial charge in [-0.05, 0) is 36.5 Å². The van der Waals surface area contributed by atoms with Crippen LogP contribution in [0.4, 0.5) is 0 Å². The van der Waals surface area contributed by atoms with Crippen molar-refractivity contribution < 1.29 is 14.3 Å². The van der Waals surface area contributed by atoms with Gasteiger partial charge in [-0.25, -0.2) is 0 Å². The van der Waals surface area contributed by atoms with Crippen LogP contribution < -0.4 is 5.43 Å². The second-order valence-corrected chi connectivity index (χ2v) is 6.96. The zero-order valence-electron chi connectivity index (χ0n) is 14.9. The van der Waals surface area contributed by atoms with E-state index < -0.39 is 6.10 Å². The molecule has 3 aromatic rings. The van der Waals surface area contributed by atoms with E-state index in [1.165, 1.54) is 6.07 Å². The molecule has 1 aliphatic rings. The second-order valence-electron chi connectivity index (χ2n) is 6.96. The smallest absolute Gasteiger partial charge is 0.289 e. The Morgan fingerprint density at radius 1 is 1.04 bits per heavy atom. The summed E-state index contributed by atoms with van der Waals surface area (Å²) in [6.45, 7) is 1.06. The Morgan fingerprint density at radius 3 is 2.44 bits per heavy atom. The van der Waals surface area contributed by atoms with Crippen molar-refractivity contribution >= 4 is 16.9 Å². The molecule has 27 heavy (non-hydrogen) atoms. The summed E-state index contributed by atoms with van der Waals surface area (Å²) in [5, 5.41) is 11.0. The van der Waals surface area contributed by atoms with Crippen LogP contribution in [0.25, 0.3) is 11.0 Å². The molecule has 1 unspecified atom stereocenters. The van der Waals surface area contributed by atoms with Crippen LogP contribution in [0.5, 0.6) is 0 Å². The van der Waals surface area contributed by atoms with Crippen molar-refractivity contribution in [1.29, 1.82) is 0 Å². The first-order valence-electron chi connectivity index (χ1n) is 9.18. The van der Waals surface area contributed by atoms with E-state index in [1.807, 2.05) is 30.3 Å². The first kappa shape index (κ1) is 17.5. The number of piperidine rings is 1. The van der Waals surface area contributed by atoms with Crippen molar-refractivity contribution in [2.45, 2.75) is 18.9 Å². The maximum Gasteiger partial charge on any atom is 0.289 e. The average molecular weight is 363 g/mol. The zero-order valence-corrected chi connectivity index (χ0v) is 14.9. The Hall–Kier alpha value is -2.92. The van der Waals surface area contributed by atoms with E-state index in [9.17, 15) is 14.7 Å². The molecule has 138 valence electrons. The summed E-state index contributed by atoms with van der Waals surface area (Å²) in [7, 11) is 0. The molecular weight excluding hydrogens is 342 g/mol. The number of amides is 1. The Bertz CT molecular complexity index is 1000. The van der Waals surface area contributed by atoms with E-state index in [0.717, 1.165) is 5.56 Å². The van der Waals surface area contributed by atoms with Crippen LogP contribution in [0.3, 0.4) is 0 Å². The number of carbonyl (C=O) groups excluding carboxylic acids is 1. The van der Waals surface area contributed by atoms with Gasteiger partial charge < -0.3 is 14.4 Å². The lowest BCUT2D eigenvalue weighted by molar-refractivity contribution is 0.0443. The van der Waals surface area contributed by atoms with E-state index in [2.05, 4.69) is 0 Å². The predicted molar refractivity (Wildman–Crippen MR) is 103 cm³/mol. The summed E-state index contributed by atoms with van der Waals surface area (Å²) in [5.74, 6) is -0.0914. The van der Waals surface area contributed by atoms with Crippen LogP contribution in [-0.4, -0.2) is 29.0 Å². The third-order valence-corrected chi connectivity index (χ3v) is 5.26. The van der Waals surface area contributed by atoms with E-state index >= 15 is 0 Å². The number of hydrogen-bond donors (Lipinski definition) is 1. The number of aliphatic hydroxyl groups is 1. The number of para-hydroxylation sites is 1. The molecule has 5 nitrogen and oxygen atoms in total. The second kappa shape index (κ2) is 7.37. The molecule has 1 N–H and O–H groups in total. The highest BCUT2D eigenvalue weighted by atomic mass is 16.3. The SMILES string of the molecule is O=C(c1cc(=O)c2ccccc2o1)N1CCC(C(O)c2ccccc2)CC1. The molecule has 1 aromatic heterocycles. The zero-order chi connectivity index (χ0) is 18.8. The third kappa shape index (κ3) is 3.51. The van der Waals surface area contributed by atoms with E-state index in [4.69, 9.17) is 4.42 Å². The molecule has 1 aliphatic heterocycles. The summed E-state index contributed by atoms with van der Waals surface area (Å²) >= 11 is 0. The summed E-state index contributed by atoms with van der Waals surface area (Å²) in [6, 6.07) is 17.8. The van der Waals surface area contributed by atoms with Crippen LogP contribution in [0, 0.1) is 5.92 Å². The summed E-state index contributed by atoms with van der Waals surface area (Å²) in [6.07, 6.45) is 0.890. The Morgan fingerprint density at radius 2 is 1.70 bits per heavy atom. The first-order chi connectivity index (χ1) is 13.1. The average Bonchev–Trinajstić information content (AvgIpc) is 2.73. The molecule has 1 atom stereocenters. The minimum Gasteiger partial charge on any atom is -0.451 e. The quantitative estimate of drug-likeness (QED) is 0.774. The van der Waals surface area contributed by atoms with Crippen molar-refractivity contribution in [3.63, 3.8) is 0 Å². The Kier molecular flexibility index (Phi) is 4.77. The van der Waals surface area contributed by atoms with Gasteiger partial charge in [-0.15, -0.1) is 0 Å². The van der Waals surface area contributed by atoms with Gasteiger partial charge in [0.25, 0.3) is 5.91 Å². The molecule has 0 saturated carbocycles. The maximum atomic E-state index is 12.8. The molecule has 0 bridgehead atoms. The third-order valence-electron chi connectivity index (χ3n) is 5.26. The lowest BCUT2D eigenvalue weighted by atomic mass is 9.87. The highest BCUT2D eigenvalue weighted by Crippen LogP contribution is 2.31. The van der Waals surface area contributed by atoms with Crippen molar-refractivity contribution in [3.05, 3.63) is 82.2 Å². The van der Waals surface area contributed by atoms with Gasteiger partial charge >= 0.3 is 0 Å². The minimum atomic E-state index is -0.526. The number of hydrogen-bond acceptors (Lipinski definition) is 4. The molecule has 0 spiro atoms. The van der Waals surface area contributed by atoms with Gasteiger partial charge in [0.15, 0.2) is 11.2 Å². The summed E-state index contributed by atoms with van der Waals surface area (Å²) in [5.41, 5.74) is 1.11. The van der Waals surface area contributed by atoms with Crippen LogP contribution in [-0.2, 0) is 0 Å². The summed E-state index contributed by atoms with van der Waals surface area (Å²) in [4.78, 5) is 26.7. The number of aliphatic hydroxyl groups excluding tert-OH is 1. The van der Waals surface area contributed by atoms with Crippen molar-refractivity contribution in [2.24, 2.45) is 5.92 Å². The number of fused-ring (bicyclic) bond motifs is 1. The van der Waals surface area contributed by atoms with Gasteiger partial charge in [-0.1, -0.05) is 42.5 Å². The predicted octanol–water partition coefficient (Wildman–Crippen LogP) is 3.38. The van der Waals surface area contributed by atoms with Crippen LogP contribution in [0.15, 0.2) is 69.9 Å². The van der Waals surface area contributed by atoms with E-state index in [0.29, 0.717) is 36.9 Å². The number of benzene rings is 2. The largest absolute Gasteiger partial charge is 0.451 e. The molecule has 1 fully saturated rings. The van der Waals surface area contributed by atoms with Crippen molar-refractivity contribution in [1.82, 2.24) is 4.90 Å². The molecule has 2 heterocycles. The number of likely N-dealkylation sites (tertiary alicyclic amines) is 1. The van der Waals surface area contributed by atoms with Gasteiger partial charge in [0.2, 0.25) is 0 Å². The van der Waals surface area contributed by atoms with Gasteiger partial charge in [-0.2, -0.15) is 0 Å². The van der Waals surface area contributed by atoms with E-state index in [1.54, 1.807) is 29.2 Å². The van der Waals surface area contributed by atoms with E-state index in [-0.39, 0.29) is 23.0 Å². The molecule has 0 aliphatic carbocycles. The molecule has 1 saturated heterocycles. The Labute approximate surface area is 156 Å². The van der Waals surface area contributed by atoms with Gasteiger partial charge in [0.1, 0.15) is 5.58 Å². The lowest BCUT2D eigenvalue weighted by Crippen LogP contribution is -2.40. The molecule has 2 aromatic carbocycles. The van der Waals surface area contributed by atoms with Crippen LogP contribution in [0.2, 0.25) is 0 Å². The van der Waals surface area contributed by atoms with Gasteiger partial charge in [0.05, 0.1) is 11.5 Å². The van der Waals surface area contributed by atoms with Crippen LogP contribution in [0.1, 0.15) is 35.1 Å². The fraction of sp³-hybridized carbons (Fsp3) is 0.273. The molecular formula is C22H21NO4. The molecule has 1 amide bonds. The van der Waals surface area contributed by atoms with Gasteiger partial charge in [-0.3, -0.25) is 9.59 Å². The summed E-state index contributed by atoms with van der Waals surface area (Å²) < 4.78 is 5.66. The fourth-order valence-corrected chi connectivity index (χ4v) is 3.71. The Balaban J connectivity index is 1.47. The minimum absolute atomic E-state index is 0.0701. The fourth-order valence-electron chi connectivity index (χ4n) is 3.71. The standard InChI is InChI=1S/C22H21NO4/c24-18-14-20(27-19-9-5-4-8-17(18)19)22(26)23-12-10-16(11-13-23)21(25)15-6-2-1-3-7-15/h1-9,14,16,21,25H,10-13H2. The monoisotopic (exact) mass is 363 g/mol. The number of carbonyl (C=O) groups is 1. The topological polar surface area (TPSA) is 70.8 Å². The normalized spacial score (nSPS) is 16.4. The van der Waals surface area contributed by atoms with Crippen molar-refractivity contribution in [3.8, 4) is 0 Å². The van der Waals surface area contributed by atoms with Crippen LogP contribution >= 0.6 is 0 Å². The van der Waals surface area contributed by atoms with Crippen molar-refractivity contribution in [2.75, 3.05) is 13.1 Å². The number of nitrogens with zero attached hydrogens (tertiary/aromatic N) is 1. The highest BCUT2D eigenvalue weighted by molar-refractivity contribution is 5.93. The number of rotatable bonds is 3. The molecule has 0 radical (unpaired) electrons. The highest BCUT2D eigenvalue weighted by Gasteiger charge is 2.29. The first-order valence-corrected chi connectivity index (χ1v) is 9.18. The molecule has 5 heteroatoms. The molecule has 4 rings (SSSR count). The lowest BCUT2D eigenvalue weighted by Gasteiger charge is -2.34. The maximum absolute atomic E-state index is 12.8.